The second kappa shape index (κ2) is 10.3. The van der Waals surface area contributed by atoms with E-state index in [1.165, 1.54) is 6.07 Å². The molecule has 1 aliphatic rings. The third kappa shape index (κ3) is 5.17. The minimum absolute atomic E-state index is 0.163. The molecule has 1 N–H and O–H groups in total. The van der Waals surface area contributed by atoms with Gasteiger partial charge in [-0.25, -0.2) is 4.39 Å². The van der Waals surface area contributed by atoms with Gasteiger partial charge in [-0.1, -0.05) is 6.07 Å². The Kier molecular flexibility index (Phi) is 7.23. The van der Waals surface area contributed by atoms with E-state index in [9.17, 15) is 14.3 Å². The van der Waals surface area contributed by atoms with Crippen LogP contribution in [0.5, 0.6) is 5.75 Å². The number of phenolic OH excluding ortho intramolecular Hbond substituents is 1. The molecule has 0 radical (unpaired) electrons. The zero-order valence-corrected chi connectivity index (χ0v) is 19.2. The van der Waals surface area contributed by atoms with Crippen LogP contribution in [0.1, 0.15) is 55.5 Å². The number of benzene rings is 2. The molecule has 0 unspecified atom stereocenters. The zero-order valence-electron chi connectivity index (χ0n) is 19.2. The normalized spacial score (nSPS) is 14.5. The number of rotatable bonds is 7. The van der Waals surface area contributed by atoms with Crippen molar-refractivity contribution in [2.45, 2.75) is 51.9 Å². The van der Waals surface area contributed by atoms with Crippen molar-refractivity contribution in [2.24, 2.45) is 0 Å². The van der Waals surface area contributed by atoms with Crippen LogP contribution in [0, 0.1) is 12.7 Å². The summed E-state index contributed by atoms with van der Waals surface area (Å²) >= 11 is 0. The Labute approximate surface area is 193 Å². The van der Waals surface area contributed by atoms with Crippen molar-refractivity contribution in [3.63, 3.8) is 0 Å². The van der Waals surface area contributed by atoms with Crippen LogP contribution in [0.3, 0.4) is 0 Å². The van der Waals surface area contributed by atoms with E-state index in [1.807, 2.05) is 12.1 Å². The lowest BCUT2D eigenvalue weighted by Crippen LogP contribution is -2.17. The third-order valence-corrected chi connectivity index (χ3v) is 6.25. The standard InChI is InChI=1S/C27H30FNO4/c1-3-33-25(31)6-4-5-24-22-16-20(30)8-9-21(22)26(19-7-10-23(28)17(2)15-19)27(29-24)18-11-13-32-14-12-18/h7-10,15-16,18,30H,3-6,11-14H2,1-2H3. The van der Waals surface area contributed by atoms with Crippen LogP contribution in [0.2, 0.25) is 0 Å². The summed E-state index contributed by atoms with van der Waals surface area (Å²) in [4.78, 5) is 17.0. The van der Waals surface area contributed by atoms with E-state index in [0.29, 0.717) is 44.6 Å². The van der Waals surface area contributed by atoms with Crippen LogP contribution >= 0.6 is 0 Å². The maximum Gasteiger partial charge on any atom is 0.305 e. The summed E-state index contributed by atoms with van der Waals surface area (Å²) in [6.07, 6.45) is 3.26. The molecule has 2 aromatic carbocycles. The predicted molar refractivity (Wildman–Crippen MR) is 126 cm³/mol. The number of hydrogen-bond donors (Lipinski definition) is 1. The lowest BCUT2D eigenvalue weighted by atomic mass is 9.86. The number of pyridine rings is 1. The summed E-state index contributed by atoms with van der Waals surface area (Å²) in [7, 11) is 0. The van der Waals surface area contributed by atoms with Gasteiger partial charge < -0.3 is 14.6 Å². The molecule has 33 heavy (non-hydrogen) atoms. The number of halogens is 1. The summed E-state index contributed by atoms with van der Waals surface area (Å²) in [6, 6.07) is 10.5. The quantitative estimate of drug-likeness (QED) is 0.458. The molecule has 4 rings (SSSR count). The van der Waals surface area contributed by atoms with Crippen molar-refractivity contribution in [1.29, 1.82) is 0 Å². The smallest absolute Gasteiger partial charge is 0.305 e. The number of ether oxygens (including phenoxy) is 2. The highest BCUT2D eigenvalue weighted by molar-refractivity contribution is 5.99. The third-order valence-electron chi connectivity index (χ3n) is 6.25. The number of nitrogens with zero attached hydrogens (tertiary/aromatic N) is 1. The van der Waals surface area contributed by atoms with Crippen molar-refractivity contribution >= 4 is 16.7 Å². The molecule has 174 valence electrons. The van der Waals surface area contributed by atoms with E-state index in [4.69, 9.17) is 14.5 Å². The number of hydrogen-bond acceptors (Lipinski definition) is 5. The Balaban J connectivity index is 1.85. The highest BCUT2D eigenvalue weighted by Crippen LogP contribution is 2.41. The summed E-state index contributed by atoms with van der Waals surface area (Å²) in [5, 5.41) is 12.1. The molecule has 6 heteroatoms. The van der Waals surface area contributed by atoms with Gasteiger partial charge in [0.1, 0.15) is 11.6 Å². The monoisotopic (exact) mass is 451 g/mol. The SMILES string of the molecule is CCOC(=O)CCCc1nc(C2CCOCC2)c(-c2ccc(F)c(C)c2)c2ccc(O)cc12. The van der Waals surface area contributed by atoms with Gasteiger partial charge in [-0.15, -0.1) is 0 Å². The van der Waals surface area contributed by atoms with Crippen molar-refractivity contribution < 1.29 is 23.8 Å². The number of phenols is 1. The molecule has 2 heterocycles. The summed E-state index contributed by atoms with van der Waals surface area (Å²) in [5.74, 6) is -0.0679. The first kappa shape index (κ1) is 23.2. The first-order valence-corrected chi connectivity index (χ1v) is 11.6. The van der Waals surface area contributed by atoms with Crippen LogP contribution in [0.15, 0.2) is 36.4 Å². The number of aromatic hydroxyl groups is 1. The maximum atomic E-state index is 14.1. The molecule has 0 bridgehead atoms. The van der Waals surface area contributed by atoms with Gasteiger partial charge >= 0.3 is 5.97 Å². The van der Waals surface area contributed by atoms with E-state index in [0.717, 1.165) is 46.1 Å². The number of aromatic nitrogens is 1. The zero-order chi connectivity index (χ0) is 23.4. The molecule has 0 atom stereocenters. The van der Waals surface area contributed by atoms with E-state index in [1.54, 1.807) is 32.0 Å². The van der Waals surface area contributed by atoms with Gasteiger partial charge in [0.15, 0.2) is 0 Å². The van der Waals surface area contributed by atoms with Crippen LogP contribution in [0.4, 0.5) is 4.39 Å². The molecular formula is C27H30FNO4. The number of fused-ring (bicyclic) bond motifs is 1. The molecule has 0 spiro atoms. The van der Waals surface area contributed by atoms with Crippen LogP contribution < -0.4 is 0 Å². The van der Waals surface area contributed by atoms with Gasteiger partial charge in [-0.05, 0) is 86.4 Å². The molecule has 0 saturated carbocycles. The Bertz CT molecular complexity index is 1150. The lowest BCUT2D eigenvalue weighted by molar-refractivity contribution is -0.143. The lowest BCUT2D eigenvalue weighted by Gasteiger charge is -2.26. The van der Waals surface area contributed by atoms with E-state index in [2.05, 4.69) is 0 Å². The van der Waals surface area contributed by atoms with Gasteiger partial charge in [0.05, 0.1) is 12.3 Å². The first-order valence-electron chi connectivity index (χ1n) is 11.6. The molecule has 1 saturated heterocycles. The number of aryl methyl sites for hydroxylation is 2. The number of esters is 1. The van der Waals surface area contributed by atoms with Crippen LogP contribution in [-0.4, -0.2) is 35.9 Å². The Morgan fingerprint density at radius 3 is 2.70 bits per heavy atom. The highest BCUT2D eigenvalue weighted by atomic mass is 19.1. The predicted octanol–water partition coefficient (Wildman–Crippen LogP) is 5.83. The van der Waals surface area contributed by atoms with Gasteiger partial charge in [0.25, 0.3) is 0 Å². The van der Waals surface area contributed by atoms with Gasteiger partial charge in [-0.3, -0.25) is 9.78 Å². The minimum atomic E-state index is -0.239. The second-order valence-corrected chi connectivity index (χ2v) is 8.56. The fourth-order valence-electron chi connectivity index (χ4n) is 4.58. The molecule has 5 nitrogen and oxygen atoms in total. The second-order valence-electron chi connectivity index (χ2n) is 8.56. The van der Waals surface area contributed by atoms with E-state index < -0.39 is 0 Å². The molecular weight excluding hydrogens is 421 g/mol. The van der Waals surface area contributed by atoms with Gasteiger partial charge in [0, 0.05) is 42.2 Å². The molecule has 0 amide bonds. The van der Waals surface area contributed by atoms with Gasteiger partial charge in [-0.2, -0.15) is 0 Å². The van der Waals surface area contributed by atoms with E-state index >= 15 is 0 Å². The summed E-state index contributed by atoms with van der Waals surface area (Å²) in [5.41, 5.74) is 4.31. The fourth-order valence-corrected chi connectivity index (χ4v) is 4.58. The Morgan fingerprint density at radius 2 is 1.97 bits per heavy atom. The number of carbonyl (C=O) groups excluding carboxylic acids is 1. The van der Waals surface area contributed by atoms with Crippen molar-refractivity contribution in [2.75, 3.05) is 19.8 Å². The van der Waals surface area contributed by atoms with Crippen LogP contribution in [-0.2, 0) is 20.7 Å². The molecule has 1 aliphatic heterocycles. The Hall–Kier alpha value is -2.99. The molecule has 3 aromatic rings. The minimum Gasteiger partial charge on any atom is -0.508 e. The van der Waals surface area contributed by atoms with Crippen LogP contribution in [0.25, 0.3) is 21.9 Å². The Morgan fingerprint density at radius 1 is 1.18 bits per heavy atom. The van der Waals surface area contributed by atoms with E-state index in [-0.39, 0.29) is 23.5 Å². The van der Waals surface area contributed by atoms with Gasteiger partial charge in [0.2, 0.25) is 0 Å². The summed E-state index contributed by atoms with van der Waals surface area (Å²) in [6.45, 7) is 5.29. The molecule has 1 fully saturated rings. The number of carbonyl (C=O) groups is 1. The van der Waals surface area contributed by atoms with Crippen molar-refractivity contribution in [3.8, 4) is 16.9 Å². The fraction of sp³-hybridized carbons (Fsp3) is 0.407. The summed E-state index contributed by atoms with van der Waals surface area (Å²) < 4.78 is 24.7. The average Bonchev–Trinajstić information content (AvgIpc) is 2.81. The first-order chi connectivity index (χ1) is 16.0. The molecule has 0 aliphatic carbocycles. The van der Waals surface area contributed by atoms with Crippen molar-refractivity contribution in [3.05, 3.63) is 59.2 Å². The van der Waals surface area contributed by atoms with Crippen molar-refractivity contribution in [1.82, 2.24) is 4.98 Å². The topological polar surface area (TPSA) is 68.7 Å². The molecule has 1 aromatic heterocycles. The maximum absolute atomic E-state index is 14.1. The average molecular weight is 452 g/mol. The largest absolute Gasteiger partial charge is 0.508 e. The highest BCUT2D eigenvalue weighted by Gasteiger charge is 2.25.